The molecule has 0 saturated heterocycles. The fourth-order valence-electron chi connectivity index (χ4n) is 0.684. The van der Waals surface area contributed by atoms with Crippen LogP contribution in [-0.2, 0) is 14.4 Å². The Morgan fingerprint density at radius 2 is 1.19 bits per heavy atom. The number of carbonyl (C=O) groups is 3. The molecular weight excluding hydrogens is 349 g/mol. The van der Waals surface area contributed by atoms with Crippen molar-refractivity contribution < 1.29 is 93.9 Å². The molecule has 0 aliphatic heterocycles. The van der Waals surface area contributed by atoms with E-state index in [1.165, 1.54) is 0 Å². The van der Waals surface area contributed by atoms with Crippen molar-refractivity contribution in [2.75, 3.05) is 0 Å². The predicted octanol–water partition coefficient (Wildman–Crippen LogP) is -11.6. The molecule has 76 valence electrons. The minimum Gasteiger partial charge on any atom is -0.550 e. The Bertz CT molecular complexity index is 241. The molecule has 0 atom stereocenters. The van der Waals surface area contributed by atoms with E-state index in [4.69, 9.17) is 5.11 Å². The second-order valence-corrected chi connectivity index (χ2v) is 2.42. The van der Waals surface area contributed by atoms with E-state index in [2.05, 4.69) is 0 Å². The van der Waals surface area contributed by atoms with E-state index in [1.54, 1.807) is 0 Å². The van der Waals surface area contributed by atoms with Crippen molar-refractivity contribution in [1.29, 1.82) is 0 Å². The summed E-state index contributed by atoms with van der Waals surface area (Å²) in [6.45, 7) is 0. The molecule has 0 unspecified atom stereocenters. The topological polar surface area (TPSA) is 141 Å². The van der Waals surface area contributed by atoms with Crippen LogP contribution >= 0.6 is 0 Å². The standard InChI is InChI=1S/C6H8O7.2Na.Sn/c7-3(8)1-6(13,5(11)12)2-4(9)10;;;/h13H,1-2H2,(H,7,8)(H,9,10)(H,11,12);;;/q;2*+1;+2/p-3. The summed E-state index contributed by atoms with van der Waals surface area (Å²) < 4.78 is 0. The molecule has 0 heterocycles. The molecule has 10 heteroatoms. The summed E-state index contributed by atoms with van der Waals surface area (Å²) >= 11 is 0. The zero-order valence-electron chi connectivity index (χ0n) is 8.81. The maximum Gasteiger partial charge on any atom is 2.00 e. The first-order valence-corrected chi connectivity index (χ1v) is 3.11. The van der Waals surface area contributed by atoms with Gasteiger partial charge < -0.3 is 34.8 Å². The van der Waals surface area contributed by atoms with Crippen LogP contribution in [0.5, 0.6) is 0 Å². The maximum atomic E-state index is 10.1. The normalized spacial score (nSPS) is 8.81. The van der Waals surface area contributed by atoms with Gasteiger partial charge in [-0.25, -0.2) is 0 Å². The van der Waals surface area contributed by atoms with E-state index in [0.29, 0.717) is 0 Å². The molecule has 0 rings (SSSR count). The van der Waals surface area contributed by atoms with E-state index in [0.717, 1.165) is 0 Å². The molecule has 16 heavy (non-hydrogen) atoms. The SMILES string of the molecule is O=C([O-])CC(O)(CC(=O)[O-])C(=O)[O-].[Na+].[Na+].[Sn+2]. The van der Waals surface area contributed by atoms with Crippen molar-refractivity contribution in [2.45, 2.75) is 18.4 Å². The van der Waals surface area contributed by atoms with Crippen molar-refractivity contribution in [2.24, 2.45) is 0 Å². The van der Waals surface area contributed by atoms with Crippen LogP contribution in [0.2, 0.25) is 0 Å². The quantitative estimate of drug-likeness (QED) is 0.484. The zero-order valence-corrected chi connectivity index (χ0v) is 15.7. The first-order valence-electron chi connectivity index (χ1n) is 3.11. The van der Waals surface area contributed by atoms with Crippen LogP contribution in [0.1, 0.15) is 12.8 Å². The number of aliphatic carboxylic acids is 3. The summed E-state index contributed by atoms with van der Waals surface area (Å²) in [5.74, 6) is -5.98. The van der Waals surface area contributed by atoms with Gasteiger partial charge >= 0.3 is 83.0 Å². The Kier molecular flexibility index (Phi) is 18.2. The fourth-order valence-corrected chi connectivity index (χ4v) is 0.684. The summed E-state index contributed by atoms with van der Waals surface area (Å²) in [6, 6.07) is 0. The van der Waals surface area contributed by atoms with Gasteiger partial charge in [-0.05, 0) is 0 Å². The third-order valence-electron chi connectivity index (χ3n) is 1.25. The van der Waals surface area contributed by atoms with Gasteiger partial charge in [0.2, 0.25) is 0 Å². The minimum absolute atomic E-state index is 0. The first kappa shape index (κ1) is 25.9. The summed E-state index contributed by atoms with van der Waals surface area (Å²) in [5.41, 5.74) is -2.97. The van der Waals surface area contributed by atoms with Crippen LogP contribution in [0.15, 0.2) is 0 Å². The molecule has 0 aromatic rings. The number of carboxylic acids is 3. The molecule has 0 aromatic carbocycles. The molecule has 0 spiro atoms. The van der Waals surface area contributed by atoms with Crippen molar-refractivity contribution in [1.82, 2.24) is 0 Å². The number of aliphatic hydroxyl groups is 1. The fraction of sp³-hybridized carbons (Fsp3) is 0.500. The van der Waals surface area contributed by atoms with Gasteiger partial charge in [-0.2, -0.15) is 0 Å². The maximum absolute atomic E-state index is 10.1. The van der Waals surface area contributed by atoms with Crippen LogP contribution in [0.4, 0.5) is 0 Å². The molecule has 0 saturated carbocycles. The smallest absolute Gasteiger partial charge is 0.550 e. The van der Waals surface area contributed by atoms with Crippen LogP contribution in [0, 0.1) is 0 Å². The van der Waals surface area contributed by atoms with E-state index in [1.807, 2.05) is 0 Å². The zero-order chi connectivity index (χ0) is 10.6. The van der Waals surface area contributed by atoms with E-state index in [-0.39, 0.29) is 83.0 Å². The average molecular weight is 354 g/mol. The second-order valence-electron chi connectivity index (χ2n) is 2.42. The third kappa shape index (κ3) is 10.3. The monoisotopic (exact) mass is 355 g/mol. The number of hydrogen-bond donors (Lipinski definition) is 1. The molecule has 2 radical (unpaired) electrons. The molecule has 0 aliphatic carbocycles. The molecule has 0 bridgehead atoms. The Hall–Kier alpha value is 1.17. The van der Waals surface area contributed by atoms with E-state index in [9.17, 15) is 29.7 Å². The molecule has 0 amide bonds. The van der Waals surface area contributed by atoms with Crippen LogP contribution < -0.4 is 74.4 Å². The second kappa shape index (κ2) is 11.3. The summed E-state index contributed by atoms with van der Waals surface area (Å²) in [7, 11) is 0. The third-order valence-corrected chi connectivity index (χ3v) is 1.25. The molecule has 0 aromatic heterocycles. The summed E-state index contributed by atoms with van der Waals surface area (Å²) in [6.07, 6.45) is -2.72. The Morgan fingerprint density at radius 3 is 1.31 bits per heavy atom. The first-order chi connectivity index (χ1) is 5.78. The van der Waals surface area contributed by atoms with Crippen molar-refractivity contribution in [3.63, 3.8) is 0 Å². The molecular formula is C6H5Na2O7Sn+. The minimum atomic E-state index is -2.97. The molecule has 1 N–H and O–H groups in total. The van der Waals surface area contributed by atoms with Crippen molar-refractivity contribution in [3.8, 4) is 0 Å². The van der Waals surface area contributed by atoms with Crippen LogP contribution in [0.25, 0.3) is 0 Å². The van der Waals surface area contributed by atoms with Crippen molar-refractivity contribution in [3.05, 3.63) is 0 Å². The van der Waals surface area contributed by atoms with Crippen LogP contribution in [-0.4, -0.2) is 52.5 Å². The van der Waals surface area contributed by atoms with Crippen LogP contribution in [0.3, 0.4) is 0 Å². The van der Waals surface area contributed by atoms with Gasteiger partial charge in [0, 0.05) is 24.8 Å². The van der Waals surface area contributed by atoms with E-state index < -0.39 is 36.4 Å². The van der Waals surface area contributed by atoms with Crippen molar-refractivity contribution >= 4 is 41.8 Å². The Balaban J connectivity index is -0.000000240. The van der Waals surface area contributed by atoms with Gasteiger partial charge in [-0.15, -0.1) is 0 Å². The number of rotatable bonds is 5. The summed E-state index contributed by atoms with van der Waals surface area (Å²) in [4.78, 5) is 30.0. The van der Waals surface area contributed by atoms with Gasteiger partial charge in [0.05, 0.1) is 5.97 Å². The van der Waals surface area contributed by atoms with Gasteiger partial charge in [0.15, 0.2) is 0 Å². The molecule has 0 fully saturated rings. The molecule has 0 aliphatic rings. The number of hydrogen-bond acceptors (Lipinski definition) is 7. The number of carboxylic acid groups (broad SMARTS) is 3. The van der Waals surface area contributed by atoms with E-state index >= 15 is 0 Å². The summed E-state index contributed by atoms with van der Waals surface area (Å²) in [5, 5.41) is 38.9. The van der Waals surface area contributed by atoms with Gasteiger partial charge in [-0.1, -0.05) is 0 Å². The average Bonchev–Trinajstić information content (AvgIpc) is 1.82. The van der Waals surface area contributed by atoms with Gasteiger partial charge in [0.25, 0.3) is 0 Å². The predicted molar refractivity (Wildman–Crippen MR) is 35.0 cm³/mol. The Morgan fingerprint density at radius 1 is 0.938 bits per heavy atom. The van der Waals surface area contributed by atoms with Gasteiger partial charge in [0.1, 0.15) is 5.60 Å². The number of carbonyl (C=O) groups excluding carboxylic acids is 3. The Labute approximate surface area is 152 Å². The van der Waals surface area contributed by atoms with Gasteiger partial charge in [-0.3, -0.25) is 0 Å². The molecule has 7 nitrogen and oxygen atoms in total. The largest absolute Gasteiger partial charge is 2.00 e.